The molecular formula is C14H15N3. The van der Waals surface area contributed by atoms with Gasteiger partial charge in [0.15, 0.2) is 0 Å². The Morgan fingerprint density at radius 2 is 1.76 bits per heavy atom. The summed E-state index contributed by atoms with van der Waals surface area (Å²) in [5, 5.41) is 3.41. The summed E-state index contributed by atoms with van der Waals surface area (Å²) in [4.78, 5) is 2.31. The maximum atomic E-state index is 5.72. The van der Waals surface area contributed by atoms with Crippen molar-refractivity contribution in [2.75, 3.05) is 29.0 Å². The first-order valence-electron chi connectivity index (χ1n) is 5.80. The zero-order chi connectivity index (χ0) is 11.7. The molecule has 0 saturated heterocycles. The van der Waals surface area contributed by atoms with E-state index in [1.54, 1.807) is 0 Å². The highest BCUT2D eigenvalue weighted by molar-refractivity contribution is 5.78. The fourth-order valence-electron chi connectivity index (χ4n) is 2.20. The number of anilines is 4. The summed E-state index contributed by atoms with van der Waals surface area (Å²) >= 11 is 0. The van der Waals surface area contributed by atoms with Crippen molar-refractivity contribution in [3.05, 3.63) is 48.5 Å². The Morgan fingerprint density at radius 3 is 2.59 bits per heavy atom. The molecule has 0 aliphatic carbocycles. The van der Waals surface area contributed by atoms with Gasteiger partial charge in [0.25, 0.3) is 0 Å². The molecule has 17 heavy (non-hydrogen) atoms. The molecule has 2 aromatic carbocycles. The first-order valence-corrected chi connectivity index (χ1v) is 5.80. The lowest BCUT2D eigenvalue weighted by Crippen LogP contribution is -2.29. The van der Waals surface area contributed by atoms with Gasteiger partial charge in [-0.05, 0) is 36.4 Å². The number of nitrogens with zero attached hydrogens (tertiary/aromatic N) is 1. The predicted octanol–water partition coefficient (Wildman–Crippen LogP) is 2.83. The molecule has 0 fully saturated rings. The number of para-hydroxylation sites is 2. The van der Waals surface area contributed by atoms with E-state index in [1.165, 1.54) is 17.1 Å². The van der Waals surface area contributed by atoms with Crippen LogP contribution in [0.15, 0.2) is 48.5 Å². The number of nitrogens with two attached hydrogens (primary N) is 1. The molecule has 0 saturated carbocycles. The summed E-state index contributed by atoms with van der Waals surface area (Å²) < 4.78 is 0. The minimum atomic E-state index is 0.803. The van der Waals surface area contributed by atoms with Gasteiger partial charge < -0.3 is 16.0 Å². The molecule has 3 rings (SSSR count). The van der Waals surface area contributed by atoms with Crippen molar-refractivity contribution < 1.29 is 0 Å². The summed E-state index contributed by atoms with van der Waals surface area (Å²) in [6.07, 6.45) is 0. The summed E-state index contributed by atoms with van der Waals surface area (Å²) in [6.45, 7) is 1.93. The number of nitrogen functional groups attached to an aromatic ring is 1. The minimum absolute atomic E-state index is 0.803. The second-order valence-electron chi connectivity index (χ2n) is 4.19. The van der Waals surface area contributed by atoms with E-state index in [4.69, 9.17) is 5.73 Å². The monoisotopic (exact) mass is 225 g/mol. The smallest absolute Gasteiger partial charge is 0.0647 e. The fourth-order valence-corrected chi connectivity index (χ4v) is 2.20. The largest absolute Gasteiger partial charge is 0.399 e. The van der Waals surface area contributed by atoms with E-state index in [9.17, 15) is 0 Å². The molecule has 3 heteroatoms. The van der Waals surface area contributed by atoms with Crippen molar-refractivity contribution in [2.45, 2.75) is 0 Å². The topological polar surface area (TPSA) is 41.3 Å². The zero-order valence-electron chi connectivity index (χ0n) is 9.56. The van der Waals surface area contributed by atoms with Crippen LogP contribution < -0.4 is 16.0 Å². The summed E-state index contributed by atoms with van der Waals surface area (Å²) in [5.41, 5.74) is 10.1. The number of hydrogen-bond donors (Lipinski definition) is 2. The van der Waals surface area contributed by atoms with Crippen LogP contribution in [-0.4, -0.2) is 13.1 Å². The van der Waals surface area contributed by atoms with Crippen molar-refractivity contribution in [2.24, 2.45) is 0 Å². The van der Waals surface area contributed by atoms with Crippen LogP contribution in [0.3, 0.4) is 0 Å². The van der Waals surface area contributed by atoms with Gasteiger partial charge in [-0.25, -0.2) is 0 Å². The number of rotatable bonds is 1. The molecule has 86 valence electrons. The van der Waals surface area contributed by atoms with Crippen LogP contribution in [0.2, 0.25) is 0 Å². The van der Waals surface area contributed by atoms with Crippen molar-refractivity contribution in [1.82, 2.24) is 0 Å². The summed E-state index contributed by atoms with van der Waals surface area (Å²) in [6, 6.07) is 16.4. The van der Waals surface area contributed by atoms with Crippen LogP contribution in [0.25, 0.3) is 0 Å². The van der Waals surface area contributed by atoms with Gasteiger partial charge in [-0.3, -0.25) is 0 Å². The zero-order valence-corrected chi connectivity index (χ0v) is 9.56. The first kappa shape index (κ1) is 10.0. The van der Waals surface area contributed by atoms with Crippen molar-refractivity contribution in [3.8, 4) is 0 Å². The van der Waals surface area contributed by atoms with Gasteiger partial charge in [0.05, 0.1) is 11.4 Å². The average molecular weight is 225 g/mol. The Hall–Kier alpha value is -2.16. The van der Waals surface area contributed by atoms with E-state index in [0.717, 1.165) is 18.8 Å². The highest BCUT2D eigenvalue weighted by atomic mass is 15.2. The normalized spacial score (nSPS) is 14.0. The number of hydrogen-bond acceptors (Lipinski definition) is 3. The van der Waals surface area contributed by atoms with Crippen LogP contribution in [0.5, 0.6) is 0 Å². The Morgan fingerprint density at radius 1 is 1.00 bits per heavy atom. The molecule has 0 bridgehead atoms. The highest BCUT2D eigenvalue weighted by Gasteiger charge is 2.16. The molecule has 1 heterocycles. The van der Waals surface area contributed by atoms with Crippen LogP contribution >= 0.6 is 0 Å². The molecule has 0 radical (unpaired) electrons. The van der Waals surface area contributed by atoms with Crippen molar-refractivity contribution >= 4 is 22.7 Å². The van der Waals surface area contributed by atoms with Gasteiger partial charge in [0, 0.05) is 24.5 Å². The third-order valence-corrected chi connectivity index (χ3v) is 3.05. The van der Waals surface area contributed by atoms with E-state index >= 15 is 0 Å². The van der Waals surface area contributed by atoms with Gasteiger partial charge in [-0.2, -0.15) is 0 Å². The molecular weight excluding hydrogens is 210 g/mol. The average Bonchev–Trinajstić information content (AvgIpc) is 2.39. The molecule has 0 atom stereocenters. The van der Waals surface area contributed by atoms with E-state index < -0.39 is 0 Å². The third kappa shape index (κ3) is 1.80. The van der Waals surface area contributed by atoms with E-state index in [-0.39, 0.29) is 0 Å². The van der Waals surface area contributed by atoms with E-state index in [0.29, 0.717) is 0 Å². The van der Waals surface area contributed by atoms with Crippen LogP contribution in [0.1, 0.15) is 0 Å². The summed E-state index contributed by atoms with van der Waals surface area (Å²) in [7, 11) is 0. The molecule has 0 unspecified atom stereocenters. The Balaban J connectivity index is 2.03. The number of nitrogens with one attached hydrogen (secondary N) is 1. The minimum Gasteiger partial charge on any atom is -0.399 e. The van der Waals surface area contributed by atoms with Gasteiger partial charge in [-0.1, -0.05) is 12.1 Å². The maximum absolute atomic E-state index is 5.72. The van der Waals surface area contributed by atoms with Gasteiger partial charge in [0.1, 0.15) is 0 Å². The second kappa shape index (κ2) is 4.01. The first-order chi connectivity index (χ1) is 8.34. The Bertz CT molecular complexity index is 519. The highest BCUT2D eigenvalue weighted by Crippen LogP contribution is 2.34. The van der Waals surface area contributed by atoms with Crippen molar-refractivity contribution in [1.29, 1.82) is 0 Å². The van der Waals surface area contributed by atoms with Gasteiger partial charge >= 0.3 is 0 Å². The maximum Gasteiger partial charge on any atom is 0.0647 e. The van der Waals surface area contributed by atoms with Gasteiger partial charge in [0.2, 0.25) is 0 Å². The molecule has 2 aromatic rings. The molecule has 3 nitrogen and oxygen atoms in total. The SMILES string of the molecule is Nc1ccc(N2CCNc3ccccc32)cc1. The lowest BCUT2D eigenvalue weighted by atomic mass is 10.1. The fraction of sp³-hybridized carbons (Fsp3) is 0.143. The Labute approximate surface area is 101 Å². The van der Waals surface area contributed by atoms with Crippen LogP contribution in [0.4, 0.5) is 22.7 Å². The Kier molecular flexibility index (Phi) is 2.37. The van der Waals surface area contributed by atoms with Gasteiger partial charge in [-0.15, -0.1) is 0 Å². The standard InChI is InChI=1S/C14H15N3/c15-11-5-7-12(8-6-11)17-10-9-16-13-3-1-2-4-14(13)17/h1-8,16H,9-10,15H2. The van der Waals surface area contributed by atoms with Crippen molar-refractivity contribution in [3.63, 3.8) is 0 Å². The number of fused-ring (bicyclic) bond motifs is 1. The third-order valence-electron chi connectivity index (χ3n) is 3.05. The molecule has 0 spiro atoms. The van der Waals surface area contributed by atoms with E-state index in [1.807, 2.05) is 12.1 Å². The summed E-state index contributed by atoms with van der Waals surface area (Å²) in [5.74, 6) is 0. The lowest BCUT2D eigenvalue weighted by molar-refractivity contribution is 0.927. The number of benzene rings is 2. The molecule has 1 aliphatic rings. The quantitative estimate of drug-likeness (QED) is 0.733. The van der Waals surface area contributed by atoms with E-state index in [2.05, 4.69) is 46.6 Å². The molecule has 0 amide bonds. The predicted molar refractivity (Wildman–Crippen MR) is 72.8 cm³/mol. The molecule has 1 aliphatic heterocycles. The molecule has 3 N–H and O–H groups in total. The van der Waals surface area contributed by atoms with Crippen LogP contribution in [-0.2, 0) is 0 Å². The second-order valence-corrected chi connectivity index (χ2v) is 4.19. The lowest BCUT2D eigenvalue weighted by Gasteiger charge is -2.32. The van der Waals surface area contributed by atoms with Crippen LogP contribution in [0, 0.1) is 0 Å². The molecule has 0 aromatic heterocycles.